The summed E-state index contributed by atoms with van der Waals surface area (Å²) in [6, 6.07) is 9.79. The fourth-order valence-electron chi connectivity index (χ4n) is 1.48. The molecular weight excluding hydrogens is 285 g/mol. The van der Waals surface area contributed by atoms with E-state index in [1.807, 2.05) is 0 Å². The van der Waals surface area contributed by atoms with Crippen LogP contribution in [0.15, 0.2) is 47.1 Å². The van der Waals surface area contributed by atoms with Gasteiger partial charge in [0.1, 0.15) is 11.5 Å². The second-order valence-corrected chi connectivity index (χ2v) is 4.32. The molecule has 0 bridgehead atoms. The lowest BCUT2D eigenvalue weighted by Gasteiger charge is -2.04. The Balaban J connectivity index is 2.22. The van der Waals surface area contributed by atoms with Crippen LogP contribution in [0.25, 0.3) is 0 Å². The Hall–Kier alpha value is -1.55. The van der Waals surface area contributed by atoms with E-state index in [0.29, 0.717) is 15.7 Å². The van der Waals surface area contributed by atoms with E-state index in [9.17, 15) is 9.18 Å². The molecule has 2 rings (SSSR count). The van der Waals surface area contributed by atoms with Crippen LogP contribution in [0.2, 0.25) is 0 Å². The summed E-state index contributed by atoms with van der Waals surface area (Å²) in [5.74, 6) is -0.492. The molecule has 1 heterocycles. The third-order valence-corrected chi connectivity index (χ3v) is 3.22. The number of hydrogen-bond donors (Lipinski definition) is 0. The average Bonchev–Trinajstić information content (AvgIpc) is 2.36. The van der Waals surface area contributed by atoms with Crippen molar-refractivity contribution in [3.8, 4) is 0 Å². The zero-order valence-electron chi connectivity index (χ0n) is 8.86. The molecule has 0 aliphatic rings. The SMILES string of the molecule is O=C(Cc1cccc(F)c1Br)c1ccccn1. The molecule has 0 N–H and O–H groups in total. The highest BCUT2D eigenvalue weighted by Crippen LogP contribution is 2.21. The van der Waals surface area contributed by atoms with E-state index >= 15 is 0 Å². The van der Waals surface area contributed by atoms with Crippen molar-refractivity contribution in [1.29, 1.82) is 0 Å². The molecule has 4 heteroatoms. The van der Waals surface area contributed by atoms with Crippen molar-refractivity contribution in [3.63, 3.8) is 0 Å². The van der Waals surface area contributed by atoms with E-state index < -0.39 is 0 Å². The van der Waals surface area contributed by atoms with E-state index in [0.717, 1.165) is 0 Å². The first-order chi connectivity index (χ1) is 8.18. The average molecular weight is 294 g/mol. The van der Waals surface area contributed by atoms with Crippen molar-refractivity contribution < 1.29 is 9.18 Å². The first-order valence-electron chi connectivity index (χ1n) is 5.05. The van der Waals surface area contributed by atoms with Crippen LogP contribution in [-0.4, -0.2) is 10.8 Å². The molecule has 2 nitrogen and oxygen atoms in total. The van der Waals surface area contributed by atoms with E-state index in [-0.39, 0.29) is 18.0 Å². The second kappa shape index (κ2) is 5.19. The lowest BCUT2D eigenvalue weighted by molar-refractivity contribution is 0.0988. The van der Waals surface area contributed by atoms with Gasteiger partial charge in [-0.1, -0.05) is 18.2 Å². The molecule has 0 saturated heterocycles. The topological polar surface area (TPSA) is 30.0 Å². The summed E-state index contributed by atoms with van der Waals surface area (Å²) in [4.78, 5) is 15.8. The Bertz CT molecular complexity index is 542. The van der Waals surface area contributed by atoms with Gasteiger partial charge >= 0.3 is 0 Å². The Morgan fingerprint density at radius 1 is 1.24 bits per heavy atom. The molecule has 0 amide bonds. The molecular formula is C13H9BrFNO. The smallest absolute Gasteiger partial charge is 0.185 e. The van der Waals surface area contributed by atoms with Crippen LogP contribution >= 0.6 is 15.9 Å². The van der Waals surface area contributed by atoms with Crippen molar-refractivity contribution in [2.24, 2.45) is 0 Å². The maximum Gasteiger partial charge on any atom is 0.185 e. The van der Waals surface area contributed by atoms with E-state index in [1.54, 1.807) is 36.5 Å². The minimum atomic E-state index is -0.365. The number of carbonyl (C=O) groups is 1. The summed E-state index contributed by atoms with van der Waals surface area (Å²) in [7, 11) is 0. The van der Waals surface area contributed by atoms with Gasteiger partial charge in [0.15, 0.2) is 5.78 Å². The standard InChI is InChI=1S/C13H9BrFNO/c14-13-9(4-3-5-10(13)15)8-12(17)11-6-1-2-7-16-11/h1-7H,8H2. The summed E-state index contributed by atoms with van der Waals surface area (Å²) in [6.07, 6.45) is 1.70. The molecule has 0 aliphatic carbocycles. The molecule has 86 valence electrons. The zero-order chi connectivity index (χ0) is 12.3. The lowest BCUT2D eigenvalue weighted by Crippen LogP contribution is -2.06. The minimum Gasteiger partial charge on any atom is -0.292 e. The van der Waals surface area contributed by atoms with Gasteiger partial charge in [-0.3, -0.25) is 9.78 Å². The van der Waals surface area contributed by atoms with E-state index in [2.05, 4.69) is 20.9 Å². The summed E-state index contributed by atoms with van der Waals surface area (Å²) < 4.78 is 13.6. The van der Waals surface area contributed by atoms with Crippen molar-refractivity contribution in [3.05, 3.63) is 64.1 Å². The number of ketones is 1. The van der Waals surface area contributed by atoms with Crippen LogP contribution in [0.3, 0.4) is 0 Å². The molecule has 1 aromatic heterocycles. The third kappa shape index (κ3) is 2.77. The molecule has 0 spiro atoms. The van der Waals surface area contributed by atoms with Gasteiger partial charge in [-0.2, -0.15) is 0 Å². The molecule has 0 saturated carbocycles. The molecule has 0 unspecified atom stereocenters. The van der Waals surface area contributed by atoms with Crippen molar-refractivity contribution in [2.75, 3.05) is 0 Å². The number of benzene rings is 1. The molecule has 0 aliphatic heterocycles. The van der Waals surface area contributed by atoms with Gasteiger partial charge in [-0.15, -0.1) is 0 Å². The van der Waals surface area contributed by atoms with Gasteiger partial charge in [-0.05, 0) is 39.7 Å². The van der Waals surface area contributed by atoms with Crippen LogP contribution in [0, 0.1) is 5.82 Å². The Kier molecular flexibility index (Phi) is 3.64. The van der Waals surface area contributed by atoms with Gasteiger partial charge in [0.2, 0.25) is 0 Å². The molecule has 17 heavy (non-hydrogen) atoms. The van der Waals surface area contributed by atoms with Crippen LogP contribution in [0.1, 0.15) is 16.1 Å². The van der Waals surface area contributed by atoms with Crippen LogP contribution in [-0.2, 0) is 6.42 Å². The predicted octanol–water partition coefficient (Wildman–Crippen LogP) is 3.41. The Morgan fingerprint density at radius 3 is 2.76 bits per heavy atom. The summed E-state index contributed by atoms with van der Waals surface area (Å²) in [5, 5.41) is 0. The maximum atomic E-state index is 13.3. The van der Waals surface area contributed by atoms with Gasteiger partial charge in [0.05, 0.1) is 4.47 Å². The molecule has 1 aromatic carbocycles. The number of aromatic nitrogens is 1. The van der Waals surface area contributed by atoms with Crippen molar-refractivity contribution in [1.82, 2.24) is 4.98 Å². The number of halogens is 2. The number of pyridine rings is 1. The number of carbonyl (C=O) groups excluding carboxylic acids is 1. The van der Waals surface area contributed by atoms with Crippen molar-refractivity contribution >= 4 is 21.7 Å². The van der Waals surface area contributed by atoms with E-state index in [4.69, 9.17) is 0 Å². The normalized spacial score (nSPS) is 10.2. The minimum absolute atomic E-state index is 0.128. The highest BCUT2D eigenvalue weighted by molar-refractivity contribution is 9.10. The Labute approximate surface area is 107 Å². The predicted molar refractivity (Wildman–Crippen MR) is 66.4 cm³/mol. The zero-order valence-corrected chi connectivity index (χ0v) is 10.4. The third-order valence-electron chi connectivity index (χ3n) is 2.33. The van der Waals surface area contributed by atoms with Gasteiger partial charge in [0, 0.05) is 12.6 Å². The first kappa shape index (κ1) is 11.9. The molecule has 2 aromatic rings. The summed E-state index contributed by atoms with van der Waals surface area (Å²) in [6.45, 7) is 0. The van der Waals surface area contributed by atoms with Crippen LogP contribution in [0.5, 0.6) is 0 Å². The maximum absolute atomic E-state index is 13.3. The Morgan fingerprint density at radius 2 is 2.06 bits per heavy atom. The van der Waals surface area contributed by atoms with E-state index in [1.165, 1.54) is 6.07 Å². The quantitative estimate of drug-likeness (QED) is 0.812. The first-order valence-corrected chi connectivity index (χ1v) is 5.85. The van der Waals surface area contributed by atoms with Crippen LogP contribution in [0.4, 0.5) is 4.39 Å². The fourth-order valence-corrected chi connectivity index (χ4v) is 1.88. The van der Waals surface area contributed by atoms with Crippen LogP contribution < -0.4 is 0 Å². The second-order valence-electron chi connectivity index (χ2n) is 3.53. The number of rotatable bonds is 3. The lowest BCUT2D eigenvalue weighted by atomic mass is 10.1. The molecule has 0 atom stereocenters. The number of nitrogens with zero attached hydrogens (tertiary/aromatic N) is 1. The molecule has 0 fully saturated rings. The summed E-state index contributed by atoms with van der Waals surface area (Å²) in [5.41, 5.74) is 1.02. The highest BCUT2D eigenvalue weighted by Gasteiger charge is 2.12. The monoisotopic (exact) mass is 293 g/mol. The summed E-state index contributed by atoms with van der Waals surface area (Å²) >= 11 is 3.13. The van der Waals surface area contributed by atoms with Crippen molar-refractivity contribution in [2.45, 2.75) is 6.42 Å². The molecule has 0 radical (unpaired) electrons. The fraction of sp³-hybridized carbons (Fsp3) is 0.0769. The number of Topliss-reactive ketones (excluding diaryl/α,β-unsaturated/α-hetero) is 1. The number of hydrogen-bond acceptors (Lipinski definition) is 2. The highest BCUT2D eigenvalue weighted by atomic mass is 79.9. The van der Waals surface area contributed by atoms with Gasteiger partial charge in [0.25, 0.3) is 0 Å². The largest absolute Gasteiger partial charge is 0.292 e. The van der Waals surface area contributed by atoms with Gasteiger partial charge in [-0.25, -0.2) is 4.39 Å². The van der Waals surface area contributed by atoms with Gasteiger partial charge < -0.3 is 0 Å².